The van der Waals surface area contributed by atoms with Gasteiger partial charge in [0.15, 0.2) is 0 Å². The van der Waals surface area contributed by atoms with E-state index in [2.05, 4.69) is 27.7 Å². The van der Waals surface area contributed by atoms with Gasteiger partial charge in [0.25, 0.3) is 0 Å². The zero-order valence-corrected chi connectivity index (χ0v) is 18.6. The van der Waals surface area contributed by atoms with Gasteiger partial charge in [-0.2, -0.15) is 4.31 Å². The van der Waals surface area contributed by atoms with E-state index in [1.165, 1.54) is 0 Å². The molecule has 156 valence electrons. The molecule has 4 nitrogen and oxygen atoms in total. The van der Waals surface area contributed by atoms with Gasteiger partial charge in [-0.05, 0) is 42.9 Å². The van der Waals surface area contributed by atoms with Gasteiger partial charge >= 0.3 is 0 Å². The van der Waals surface area contributed by atoms with Gasteiger partial charge in [-0.1, -0.05) is 72.3 Å². The molecule has 27 heavy (non-hydrogen) atoms. The van der Waals surface area contributed by atoms with Gasteiger partial charge in [-0.3, -0.25) is 0 Å². The van der Waals surface area contributed by atoms with E-state index in [1.807, 2.05) is 0 Å². The van der Waals surface area contributed by atoms with Crippen LogP contribution in [0.2, 0.25) is 0 Å². The van der Waals surface area contributed by atoms with Crippen LogP contribution in [0.4, 0.5) is 5.69 Å². The van der Waals surface area contributed by atoms with E-state index >= 15 is 0 Å². The summed E-state index contributed by atoms with van der Waals surface area (Å²) in [6.45, 7) is 9.92. The smallest absolute Gasteiger partial charge is 0.243 e. The number of benzene rings is 1. The number of nitrogens with zero attached hydrogens (tertiary/aromatic N) is 1. The maximum absolute atomic E-state index is 13.4. The van der Waals surface area contributed by atoms with Gasteiger partial charge in [0.2, 0.25) is 10.0 Å². The van der Waals surface area contributed by atoms with Crippen LogP contribution < -0.4 is 5.73 Å². The molecule has 0 saturated carbocycles. The summed E-state index contributed by atoms with van der Waals surface area (Å²) in [7, 11) is -3.53. The number of nitrogens with two attached hydrogens (primary N) is 1. The Morgan fingerprint density at radius 1 is 0.926 bits per heavy atom. The number of anilines is 1. The number of unbranched alkanes of at least 4 members (excludes halogenated alkanes) is 2. The van der Waals surface area contributed by atoms with Crippen molar-refractivity contribution in [1.29, 1.82) is 0 Å². The fraction of sp³-hybridized carbons (Fsp3) is 0.727. The van der Waals surface area contributed by atoms with E-state index in [0.29, 0.717) is 35.5 Å². The third-order valence-corrected chi connectivity index (χ3v) is 7.33. The molecule has 0 aliphatic carbocycles. The van der Waals surface area contributed by atoms with Crippen LogP contribution in [0.15, 0.2) is 29.2 Å². The largest absolute Gasteiger partial charge is 0.399 e. The van der Waals surface area contributed by atoms with Crippen LogP contribution in [0.5, 0.6) is 0 Å². The first-order valence-corrected chi connectivity index (χ1v) is 12.2. The minimum Gasteiger partial charge on any atom is -0.399 e. The first-order valence-electron chi connectivity index (χ1n) is 10.7. The van der Waals surface area contributed by atoms with Crippen molar-refractivity contribution in [2.24, 2.45) is 11.8 Å². The summed E-state index contributed by atoms with van der Waals surface area (Å²) in [6.07, 6.45) is 8.78. The Kier molecular flexibility index (Phi) is 11.0. The summed E-state index contributed by atoms with van der Waals surface area (Å²) in [5.41, 5.74) is 6.35. The molecule has 5 heteroatoms. The summed E-state index contributed by atoms with van der Waals surface area (Å²) < 4.78 is 28.6. The summed E-state index contributed by atoms with van der Waals surface area (Å²) in [5, 5.41) is 0. The van der Waals surface area contributed by atoms with Crippen LogP contribution in [-0.4, -0.2) is 25.8 Å². The molecule has 0 fully saturated rings. The van der Waals surface area contributed by atoms with Crippen molar-refractivity contribution in [3.8, 4) is 0 Å². The average molecular weight is 397 g/mol. The summed E-state index contributed by atoms with van der Waals surface area (Å²) in [4.78, 5) is 0.318. The lowest BCUT2D eigenvalue weighted by molar-refractivity contribution is 0.270. The number of sulfonamides is 1. The molecule has 2 N–H and O–H groups in total. The Labute approximate surface area is 167 Å². The molecule has 0 heterocycles. The van der Waals surface area contributed by atoms with Crippen molar-refractivity contribution in [2.45, 2.75) is 84.0 Å². The molecule has 0 bridgehead atoms. The highest BCUT2D eigenvalue weighted by atomic mass is 32.2. The van der Waals surface area contributed by atoms with Gasteiger partial charge in [-0.25, -0.2) is 8.42 Å². The molecule has 0 unspecified atom stereocenters. The number of hydrogen-bond donors (Lipinski definition) is 1. The van der Waals surface area contributed by atoms with Gasteiger partial charge in [0.1, 0.15) is 0 Å². The zero-order chi connectivity index (χ0) is 20.3. The molecule has 0 saturated heterocycles. The highest BCUT2D eigenvalue weighted by molar-refractivity contribution is 7.89. The average Bonchev–Trinajstić information content (AvgIpc) is 2.66. The van der Waals surface area contributed by atoms with Crippen molar-refractivity contribution in [2.75, 3.05) is 18.8 Å². The molecule has 0 aliphatic heterocycles. The normalized spacial score (nSPS) is 14.4. The third kappa shape index (κ3) is 7.82. The van der Waals surface area contributed by atoms with Gasteiger partial charge in [-0.15, -0.1) is 0 Å². The van der Waals surface area contributed by atoms with E-state index in [-0.39, 0.29) is 0 Å². The Balaban J connectivity index is 3.10. The number of nitrogen functional groups attached to an aromatic ring is 1. The van der Waals surface area contributed by atoms with E-state index in [1.54, 1.807) is 28.6 Å². The predicted octanol–water partition coefficient (Wildman–Crippen LogP) is 5.69. The first kappa shape index (κ1) is 24.0. The summed E-state index contributed by atoms with van der Waals surface area (Å²) in [6, 6.07) is 6.71. The minimum absolute atomic E-state index is 0.318. The Hall–Kier alpha value is -1.07. The molecule has 1 rings (SSSR count). The monoisotopic (exact) mass is 396 g/mol. The van der Waals surface area contributed by atoms with Crippen LogP contribution in [0.25, 0.3) is 0 Å². The van der Waals surface area contributed by atoms with Crippen molar-refractivity contribution in [3.05, 3.63) is 24.3 Å². The second kappa shape index (κ2) is 12.4. The highest BCUT2D eigenvalue weighted by Crippen LogP contribution is 2.25. The molecule has 1 aromatic carbocycles. The second-order valence-electron chi connectivity index (χ2n) is 7.73. The molecule has 1 aromatic rings. The fourth-order valence-corrected chi connectivity index (χ4v) is 5.15. The van der Waals surface area contributed by atoms with Gasteiger partial charge < -0.3 is 5.73 Å². The molecule has 0 spiro atoms. The Morgan fingerprint density at radius 3 is 1.85 bits per heavy atom. The lowest BCUT2D eigenvalue weighted by Crippen LogP contribution is -2.39. The second-order valence-corrected chi connectivity index (χ2v) is 9.67. The summed E-state index contributed by atoms with van der Waals surface area (Å²) in [5.74, 6) is 0.814. The summed E-state index contributed by atoms with van der Waals surface area (Å²) >= 11 is 0. The molecule has 0 amide bonds. The van der Waals surface area contributed by atoms with Crippen molar-refractivity contribution < 1.29 is 8.42 Å². The van der Waals surface area contributed by atoms with E-state index in [4.69, 9.17) is 5.73 Å². The predicted molar refractivity (Wildman–Crippen MR) is 116 cm³/mol. The number of rotatable bonds is 14. The topological polar surface area (TPSA) is 63.4 Å². The van der Waals surface area contributed by atoms with E-state index < -0.39 is 10.0 Å². The highest BCUT2D eigenvalue weighted by Gasteiger charge is 2.28. The third-order valence-electron chi connectivity index (χ3n) is 5.51. The lowest BCUT2D eigenvalue weighted by Gasteiger charge is -2.30. The van der Waals surface area contributed by atoms with Crippen LogP contribution in [0.1, 0.15) is 79.1 Å². The lowest BCUT2D eigenvalue weighted by atomic mass is 9.97. The van der Waals surface area contributed by atoms with Crippen LogP contribution in [-0.2, 0) is 10.0 Å². The van der Waals surface area contributed by atoms with Crippen LogP contribution in [0, 0.1) is 11.8 Å². The molecular weight excluding hydrogens is 356 g/mol. The maximum atomic E-state index is 13.4. The Morgan fingerprint density at radius 2 is 1.44 bits per heavy atom. The van der Waals surface area contributed by atoms with Gasteiger partial charge in [0.05, 0.1) is 4.90 Å². The molecule has 0 aliphatic rings. The molecule has 0 aromatic heterocycles. The van der Waals surface area contributed by atoms with Crippen LogP contribution >= 0.6 is 0 Å². The number of hydrogen-bond acceptors (Lipinski definition) is 3. The fourth-order valence-electron chi connectivity index (χ4n) is 3.51. The van der Waals surface area contributed by atoms with Crippen molar-refractivity contribution in [3.63, 3.8) is 0 Å². The van der Waals surface area contributed by atoms with Crippen molar-refractivity contribution >= 4 is 15.7 Å². The molecule has 2 atom stereocenters. The SMILES string of the molecule is CCCC[C@H](CC)CN(C[C@@H](CC)CCCC)S(=O)(=O)c1cccc(N)c1. The first-order chi connectivity index (χ1) is 12.9. The van der Waals surface area contributed by atoms with Crippen molar-refractivity contribution in [1.82, 2.24) is 4.31 Å². The maximum Gasteiger partial charge on any atom is 0.243 e. The van der Waals surface area contributed by atoms with E-state index in [9.17, 15) is 8.42 Å². The Bertz CT molecular complexity index is 613. The van der Waals surface area contributed by atoms with E-state index in [0.717, 1.165) is 51.4 Å². The quantitative estimate of drug-likeness (QED) is 0.411. The minimum atomic E-state index is -3.53. The zero-order valence-electron chi connectivity index (χ0n) is 17.8. The standard InChI is InChI=1S/C22H40N2O2S/c1-5-9-12-19(7-3)17-24(18-20(8-4)13-10-6-2)27(25,26)22-15-11-14-21(23)16-22/h11,14-16,19-20H,5-10,12-13,17-18,23H2,1-4H3/t19-,20-/m0/s1. The molecule has 0 radical (unpaired) electrons. The van der Waals surface area contributed by atoms with Gasteiger partial charge in [0, 0.05) is 18.8 Å². The molecular formula is C22H40N2O2S. The van der Waals surface area contributed by atoms with Crippen LogP contribution in [0.3, 0.4) is 0 Å².